The number of amides is 1. The van der Waals surface area contributed by atoms with Gasteiger partial charge in [0.25, 0.3) is 11.5 Å². The number of phosphoric ester groups is 2. The van der Waals surface area contributed by atoms with Crippen LogP contribution in [0.2, 0.25) is 0 Å². The molecule has 4 rings (SSSR count). The van der Waals surface area contributed by atoms with Crippen LogP contribution in [0.25, 0.3) is 0 Å². The molecule has 0 spiro atoms. The molecule has 3 aliphatic rings. The number of carbonyl (C=O) groups is 1. The van der Waals surface area contributed by atoms with E-state index in [1.165, 1.54) is 25.3 Å². The maximum Gasteiger partial charge on any atom is 0.527 e. The van der Waals surface area contributed by atoms with Crippen LogP contribution in [0.3, 0.4) is 0 Å². The molecule has 0 saturated carbocycles. The van der Waals surface area contributed by atoms with Crippen molar-refractivity contribution in [1.29, 1.82) is 0 Å². The van der Waals surface area contributed by atoms with E-state index in [1.54, 1.807) is 78.8 Å². The zero-order valence-corrected chi connectivity index (χ0v) is 35.6. The lowest BCUT2D eigenvalue weighted by atomic mass is 10.1. The van der Waals surface area contributed by atoms with Gasteiger partial charge in [0.15, 0.2) is 0 Å². The van der Waals surface area contributed by atoms with E-state index in [-0.39, 0.29) is 30.1 Å². The summed E-state index contributed by atoms with van der Waals surface area (Å²) in [6.07, 6.45) is 30.1. The average molecular weight is 901 g/mol. The summed E-state index contributed by atoms with van der Waals surface area (Å²) in [6.45, 7) is 5.89. The van der Waals surface area contributed by atoms with Gasteiger partial charge in [-0.1, -0.05) is 104 Å². The number of rotatable bonds is 21. The fourth-order valence-corrected chi connectivity index (χ4v) is 7.40. The highest BCUT2D eigenvalue weighted by molar-refractivity contribution is 7.47. The van der Waals surface area contributed by atoms with Crippen molar-refractivity contribution in [3.63, 3.8) is 0 Å². The smallest absolute Gasteiger partial charge is 0.412 e. The Kier molecular flexibility index (Phi) is 19.3. The van der Waals surface area contributed by atoms with E-state index in [0.29, 0.717) is 5.57 Å². The topological polar surface area (TPSA) is 258 Å². The van der Waals surface area contributed by atoms with Gasteiger partial charge in [-0.2, -0.15) is 0 Å². The fourth-order valence-electron chi connectivity index (χ4n) is 5.72. The zero-order chi connectivity index (χ0) is 45.1. The molecule has 6 N–H and O–H groups in total. The van der Waals surface area contributed by atoms with Crippen molar-refractivity contribution in [3.05, 3.63) is 179 Å². The van der Waals surface area contributed by atoms with Gasteiger partial charge in [-0.05, 0) is 26.0 Å². The number of H-pyrrole nitrogens is 1. The van der Waals surface area contributed by atoms with Crippen LogP contribution in [0.5, 0.6) is 0 Å². The van der Waals surface area contributed by atoms with Crippen molar-refractivity contribution in [2.45, 2.75) is 63.6 Å². The largest absolute Gasteiger partial charge is 0.527 e. The van der Waals surface area contributed by atoms with Gasteiger partial charge in [0, 0.05) is 36.4 Å². The number of carbonyl (C=O) groups excluding carboxylic acids is 1. The van der Waals surface area contributed by atoms with Crippen LogP contribution in [0.15, 0.2) is 162 Å². The molecule has 0 radical (unpaired) electrons. The lowest BCUT2D eigenvalue weighted by Gasteiger charge is -2.32. The Balaban J connectivity index is 1.08. The fraction of sp³-hybridized carbons (Fsp3) is 0.293. The number of hydrogen-bond acceptors (Lipinski definition) is 14. The van der Waals surface area contributed by atoms with Gasteiger partial charge >= 0.3 is 21.3 Å². The number of aromatic amines is 1. The zero-order valence-electron chi connectivity index (χ0n) is 33.8. The van der Waals surface area contributed by atoms with Gasteiger partial charge in [0.2, 0.25) is 0 Å². The number of aryl methyl sites for hydroxylation is 1. The van der Waals surface area contributed by atoms with E-state index in [2.05, 4.69) is 16.9 Å². The third kappa shape index (κ3) is 15.8. The molecule has 3 aliphatic heterocycles. The second-order valence-electron chi connectivity index (χ2n) is 13.4. The Bertz CT molecular complexity index is 2280. The van der Waals surface area contributed by atoms with E-state index in [4.69, 9.17) is 27.6 Å². The first-order valence-corrected chi connectivity index (χ1v) is 22.0. The molecule has 0 aliphatic carbocycles. The third-order valence-electron chi connectivity index (χ3n) is 8.72. The van der Waals surface area contributed by atoms with Gasteiger partial charge in [-0.15, -0.1) is 0 Å². The van der Waals surface area contributed by atoms with Crippen LogP contribution >= 0.6 is 15.6 Å². The summed E-state index contributed by atoms with van der Waals surface area (Å²) < 4.78 is 57.7. The predicted octanol–water partition coefficient (Wildman–Crippen LogP) is 4.52. The molecule has 334 valence electrons. The minimum Gasteiger partial charge on any atom is -0.412 e. The van der Waals surface area contributed by atoms with E-state index < -0.39 is 77.0 Å². The first-order chi connectivity index (χ1) is 29.6. The summed E-state index contributed by atoms with van der Waals surface area (Å²) in [4.78, 5) is 59.7. The Labute approximate surface area is 357 Å². The first kappa shape index (κ1) is 49.2. The standard InChI is InChI=1S/C41H50N4O15P2/c1-30-26-44(32(3)42-39(30)48)37-24-33(35(28-46)57-37)59-61(51,52)55-22-20-18-16-14-12-10-8-6-4-5-7-9-11-13-15-17-19-21-23-56-62(53,54)60-34-25-38(58-36(34)29-47)45-27-31(2)40(49)43-41(45)50/h4-23,26-27,33-38,46-47H,3,24-25,28-29H2,1-2H3,(H,42,48)(H,51,52)(H,53,54)(H,43,49,50)/b6-4+,7-5+,10-8+,11-9+,14-12+,15-13+,18-16+,19-17+,22-20+,23-21-/t33?,34-,35+,36-,37+,38-/m1/s1. The summed E-state index contributed by atoms with van der Waals surface area (Å²) in [5.41, 5.74) is -0.597. The van der Waals surface area contributed by atoms with Gasteiger partial charge in [0.1, 0.15) is 42.7 Å². The van der Waals surface area contributed by atoms with Crippen LogP contribution in [0.4, 0.5) is 0 Å². The van der Waals surface area contributed by atoms with Crippen LogP contribution in [-0.2, 0) is 41.5 Å². The van der Waals surface area contributed by atoms with E-state index in [9.17, 15) is 43.5 Å². The minimum atomic E-state index is -4.60. The van der Waals surface area contributed by atoms with Gasteiger partial charge in [-0.3, -0.25) is 38.0 Å². The molecule has 0 bridgehead atoms. The Morgan fingerprint density at radius 1 is 0.710 bits per heavy atom. The lowest BCUT2D eigenvalue weighted by Crippen LogP contribution is -2.42. The highest BCUT2D eigenvalue weighted by atomic mass is 31.2. The Hall–Kier alpha value is -5.43. The third-order valence-corrected chi connectivity index (χ3v) is 10.6. The number of hydrogen-bond donors (Lipinski definition) is 6. The molecule has 62 heavy (non-hydrogen) atoms. The number of aliphatic hydroxyl groups is 2. The monoisotopic (exact) mass is 900 g/mol. The maximum atomic E-state index is 12.5. The number of allylic oxidation sites excluding steroid dienone is 18. The van der Waals surface area contributed by atoms with Crippen LogP contribution < -0.4 is 16.6 Å². The van der Waals surface area contributed by atoms with Gasteiger partial charge in [-0.25, -0.2) is 13.9 Å². The second kappa shape index (κ2) is 24.3. The molecular formula is C41H50N4O15P2. The number of nitrogens with one attached hydrogen (secondary N) is 2. The highest BCUT2D eigenvalue weighted by Crippen LogP contribution is 2.49. The van der Waals surface area contributed by atoms with Gasteiger partial charge < -0.3 is 39.0 Å². The number of ether oxygens (including phenoxy) is 2. The molecule has 0 aromatic carbocycles. The summed E-state index contributed by atoms with van der Waals surface area (Å²) in [7, 11) is -9.14. The number of nitrogens with zero attached hydrogens (tertiary/aromatic N) is 2. The Morgan fingerprint density at radius 2 is 1.11 bits per heavy atom. The maximum absolute atomic E-state index is 12.5. The predicted molar refractivity (Wildman–Crippen MR) is 228 cm³/mol. The number of aromatic nitrogens is 2. The van der Waals surface area contributed by atoms with Crippen molar-refractivity contribution in [3.8, 4) is 0 Å². The molecule has 19 nitrogen and oxygen atoms in total. The quantitative estimate of drug-likeness (QED) is 0.0563. The SMILES string of the molecule is C=C1NC(=O)C(C)=CN1[C@@H]1CC(OP(=O)(O)O/C=C/C=C/C=C/C=C/C=C/C=C/C=C/C=C/C=C/C=C\OP(=O)(O)O[C@@H]2C[C@H](n3cc(C)c(=O)[nH]c3=O)O[C@@H]2CO)[C@H](CO)O1. The summed E-state index contributed by atoms with van der Waals surface area (Å²) >= 11 is 0. The first-order valence-electron chi connectivity index (χ1n) is 19.0. The van der Waals surface area contributed by atoms with E-state index >= 15 is 0 Å². The van der Waals surface area contributed by atoms with Crippen LogP contribution in [0, 0.1) is 6.92 Å². The average Bonchev–Trinajstić information content (AvgIpc) is 3.81. The molecule has 21 heteroatoms. The van der Waals surface area contributed by atoms with E-state index in [0.717, 1.165) is 17.1 Å². The molecule has 2 fully saturated rings. The van der Waals surface area contributed by atoms with E-state index in [1.807, 2.05) is 36.5 Å². The summed E-state index contributed by atoms with van der Waals surface area (Å²) in [6, 6.07) is 0. The molecule has 4 heterocycles. The summed E-state index contributed by atoms with van der Waals surface area (Å²) in [5, 5.41) is 22.0. The molecule has 2 saturated heterocycles. The van der Waals surface area contributed by atoms with Crippen molar-refractivity contribution in [1.82, 2.24) is 19.8 Å². The molecule has 1 amide bonds. The molecule has 3 unspecified atom stereocenters. The molecule has 8 atom stereocenters. The van der Waals surface area contributed by atoms with Crippen molar-refractivity contribution < 1.29 is 61.5 Å². The second-order valence-corrected chi connectivity index (χ2v) is 16.1. The normalized spacial score (nSPS) is 26.0. The summed E-state index contributed by atoms with van der Waals surface area (Å²) in [5.74, 6) is -0.0330. The molecule has 1 aromatic rings. The lowest BCUT2D eigenvalue weighted by molar-refractivity contribution is -0.118. The number of aliphatic hydroxyl groups excluding tert-OH is 2. The van der Waals surface area contributed by atoms with Crippen LogP contribution in [-0.4, -0.2) is 84.2 Å². The molecule has 1 aromatic heterocycles. The van der Waals surface area contributed by atoms with Crippen LogP contribution in [0.1, 0.15) is 31.6 Å². The van der Waals surface area contributed by atoms with Crippen molar-refractivity contribution in [2.75, 3.05) is 13.2 Å². The number of phosphoric acid groups is 2. The molecular weight excluding hydrogens is 850 g/mol. The van der Waals surface area contributed by atoms with Crippen molar-refractivity contribution >= 4 is 21.6 Å². The highest BCUT2D eigenvalue weighted by Gasteiger charge is 2.44. The Morgan fingerprint density at radius 3 is 1.55 bits per heavy atom. The van der Waals surface area contributed by atoms with Crippen molar-refractivity contribution in [2.24, 2.45) is 0 Å². The van der Waals surface area contributed by atoms with Gasteiger partial charge in [0.05, 0.1) is 25.7 Å². The minimum absolute atomic E-state index is 0.0563.